The lowest BCUT2D eigenvalue weighted by molar-refractivity contribution is 0.0955. The Morgan fingerprint density at radius 1 is 1.13 bits per heavy atom. The standard InChI is InChI=1S/C24H22N4O3/c1-2-14-30-21-12-10-18(11-13-21)24(29)26-25-16-19-17-28(20-7-4-3-5-8-20)27-23(19)22-9-6-15-31-22/h3-13,15-17H,2,14H2,1H3,(H,26,29). The minimum Gasteiger partial charge on any atom is -0.494 e. The van der Waals surface area contributed by atoms with Crippen molar-refractivity contribution in [2.24, 2.45) is 5.10 Å². The molecule has 0 aliphatic carbocycles. The minimum atomic E-state index is -0.312. The molecule has 0 saturated heterocycles. The van der Waals surface area contributed by atoms with Crippen molar-refractivity contribution < 1.29 is 13.9 Å². The van der Waals surface area contributed by atoms with Crippen LogP contribution in [0.5, 0.6) is 5.75 Å². The summed E-state index contributed by atoms with van der Waals surface area (Å²) in [5.74, 6) is 1.04. The molecule has 7 heteroatoms. The quantitative estimate of drug-likeness (QED) is 0.335. The van der Waals surface area contributed by atoms with E-state index in [1.807, 2.05) is 49.5 Å². The number of nitrogens with one attached hydrogen (secondary N) is 1. The summed E-state index contributed by atoms with van der Waals surface area (Å²) in [7, 11) is 0. The van der Waals surface area contributed by atoms with E-state index in [-0.39, 0.29) is 5.91 Å². The number of carbonyl (C=O) groups excluding carboxylic acids is 1. The Balaban J connectivity index is 1.50. The average molecular weight is 414 g/mol. The predicted molar refractivity (Wildman–Crippen MR) is 119 cm³/mol. The smallest absolute Gasteiger partial charge is 0.271 e. The lowest BCUT2D eigenvalue weighted by Gasteiger charge is -2.05. The third-order valence-corrected chi connectivity index (χ3v) is 4.48. The molecule has 7 nitrogen and oxygen atoms in total. The fourth-order valence-corrected chi connectivity index (χ4v) is 2.95. The molecule has 0 radical (unpaired) electrons. The molecule has 0 spiro atoms. The summed E-state index contributed by atoms with van der Waals surface area (Å²) in [4.78, 5) is 12.4. The van der Waals surface area contributed by atoms with Gasteiger partial charge in [-0.1, -0.05) is 25.1 Å². The van der Waals surface area contributed by atoms with Gasteiger partial charge in [-0.3, -0.25) is 4.79 Å². The molecule has 0 aliphatic heterocycles. The largest absolute Gasteiger partial charge is 0.494 e. The second-order valence-corrected chi connectivity index (χ2v) is 6.76. The highest BCUT2D eigenvalue weighted by Gasteiger charge is 2.13. The summed E-state index contributed by atoms with van der Waals surface area (Å²) >= 11 is 0. The van der Waals surface area contributed by atoms with Crippen LogP contribution in [0.25, 0.3) is 17.1 Å². The Morgan fingerprint density at radius 3 is 2.65 bits per heavy atom. The number of hydrogen-bond donors (Lipinski definition) is 1. The molecule has 1 amide bonds. The zero-order valence-corrected chi connectivity index (χ0v) is 17.1. The molecule has 0 aliphatic rings. The Morgan fingerprint density at radius 2 is 1.94 bits per heavy atom. The zero-order chi connectivity index (χ0) is 21.5. The first kappa shape index (κ1) is 20.2. The summed E-state index contributed by atoms with van der Waals surface area (Å²) in [5.41, 5.74) is 5.29. The molecule has 2 aromatic carbocycles. The fraction of sp³-hybridized carbons (Fsp3) is 0.125. The lowest BCUT2D eigenvalue weighted by atomic mass is 10.2. The van der Waals surface area contributed by atoms with Crippen LogP contribution in [0.4, 0.5) is 0 Å². The van der Waals surface area contributed by atoms with Gasteiger partial charge in [0.1, 0.15) is 11.4 Å². The van der Waals surface area contributed by atoms with Crippen LogP contribution in [0, 0.1) is 0 Å². The summed E-state index contributed by atoms with van der Waals surface area (Å²) in [5, 5.41) is 8.73. The van der Waals surface area contributed by atoms with E-state index in [1.165, 1.54) is 0 Å². The Labute approximate surface area is 180 Å². The Bertz CT molecular complexity index is 1150. The molecule has 31 heavy (non-hydrogen) atoms. The highest BCUT2D eigenvalue weighted by atomic mass is 16.5. The zero-order valence-electron chi connectivity index (χ0n) is 17.1. The van der Waals surface area contributed by atoms with Gasteiger partial charge in [-0.05, 0) is 55.0 Å². The molecule has 0 fully saturated rings. The number of hydrogen-bond acceptors (Lipinski definition) is 5. The third kappa shape index (κ3) is 4.90. The van der Waals surface area contributed by atoms with Crippen LogP contribution in [0.2, 0.25) is 0 Å². The van der Waals surface area contributed by atoms with Crippen molar-refractivity contribution in [1.29, 1.82) is 0 Å². The van der Waals surface area contributed by atoms with Gasteiger partial charge in [-0.15, -0.1) is 0 Å². The predicted octanol–water partition coefficient (Wildman–Crippen LogP) is 4.69. The number of benzene rings is 2. The van der Waals surface area contributed by atoms with E-state index >= 15 is 0 Å². The van der Waals surface area contributed by atoms with E-state index in [2.05, 4.69) is 15.6 Å². The number of nitrogens with zero attached hydrogens (tertiary/aromatic N) is 3. The van der Waals surface area contributed by atoms with Crippen molar-refractivity contribution in [3.63, 3.8) is 0 Å². The molecule has 2 aromatic heterocycles. The summed E-state index contributed by atoms with van der Waals surface area (Å²) < 4.78 is 12.8. The van der Waals surface area contributed by atoms with Crippen LogP contribution in [-0.2, 0) is 0 Å². The molecule has 0 saturated carbocycles. The number of para-hydroxylation sites is 1. The van der Waals surface area contributed by atoms with Crippen molar-refractivity contribution in [3.05, 3.63) is 90.3 Å². The van der Waals surface area contributed by atoms with Gasteiger partial charge in [-0.2, -0.15) is 10.2 Å². The lowest BCUT2D eigenvalue weighted by Crippen LogP contribution is -2.17. The maximum atomic E-state index is 12.4. The number of furan rings is 1. The molecule has 4 aromatic rings. The number of hydrazone groups is 1. The molecule has 1 N–H and O–H groups in total. The Kier molecular flexibility index (Phi) is 6.23. The van der Waals surface area contributed by atoms with Crippen molar-refractivity contribution in [2.45, 2.75) is 13.3 Å². The molecule has 0 unspecified atom stereocenters. The van der Waals surface area contributed by atoms with Gasteiger partial charge in [0, 0.05) is 17.3 Å². The van der Waals surface area contributed by atoms with E-state index in [9.17, 15) is 4.79 Å². The molecule has 4 rings (SSSR count). The van der Waals surface area contributed by atoms with Crippen LogP contribution < -0.4 is 10.2 Å². The molecular weight excluding hydrogens is 392 g/mol. The van der Waals surface area contributed by atoms with E-state index in [1.54, 1.807) is 47.5 Å². The van der Waals surface area contributed by atoms with Gasteiger partial charge < -0.3 is 9.15 Å². The summed E-state index contributed by atoms with van der Waals surface area (Å²) in [6.45, 7) is 2.69. The number of amides is 1. The van der Waals surface area contributed by atoms with Crippen molar-refractivity contribution in [1.82, 2.24) is 15.2 Å². The van der Waals surface area contributed by atoms with Gasteiger partial charge >= 0.3 is 0 Å². The maximum Gasteiger partial charge on any atom is 0.271 e. The molecule has 2 heterocycles. The normalized spacial score (nSPS) is 11.0. The number of carbonyl (C=O) groups is 1. The minimum absolute atomic E-state index is 0.312. The second kappa shape index (κ2) is 9.58. The van der Waals surface area contributed by atoms with E-state index in [0.29, 0.717) is 29.2 Å². The Hall–Kier alpha value is -4.13. The maximum absolute atomic E-state index is 12.4. The van der Waals surface area contributed by atoms with Gasteiger partial charge in [0.25, 0.3) is 5.91 Å². The summed E-state index contributed by atoms with van der Waals surface area (Å²) in [6.07, 6.45) is 5.91. The highest BCUT2D eigenvalue weighted by Crippen LogP contribution is 2.23. The van der Waals surface area contributed by atoms with Crippen molar-refractivity contribution >= 4 is 12.1 Å². The second-order valence-electron chi connectivity index (χ2n) is 6.76. The highest BCUT2D eigenvalue weighted by molar-refractivity contribution is 5.95. The van der Waals surface area contributed by atoms with Crippen LogP contribution in [0.1, 0.15) is 29.3 Å². The van der Waals surface area contributed by atoms with Crippen LogP contribution in [0.3, 0.4) is 0 Å². The molecule has 0 atom stereocenters. The first-order valence-corrected chi connectivity index (χ1v) is 10.00. The van der Waals surface area contributed by atoms with Crippen molar-refractivity contribution in [2.75, 3.05) is 6.61 Å². The fourth-order valence-electron chi connectivity index (χ4n) is 2.95. The average Bonchev–Trinajstić information content (AvgIpc) is 3.48. The van der Waals surface area contributed by atoms with Gasteiger partial charge in [0.15, 0.2) is 5.76 Å². The van der Waals surface area contributed by atoms with Crippen LogP contribution in [-0.4, -0.2) is 28.5 Å². The van der Waals surface area contributed by atoms with E-state index in [0.717, 1.165) is 17.9 Å². The van der Waals surface area contributed by atoms with Gasteiger partial charge in [-0.25, -0.2) is 10.1 Å². The first-order chi connectivity index (χ1) is 15.2. The summed E-state index contributed by atoms with van der Waals surface area (Å²) in [6, 6.07) is 20.3. The van der Waals surface area contributed by atoms with Crippen LogP contribution in [0.15, 0.2) is 88.7 Å². The SMILES string of the molecule is CCCOc1ccc(C(=O)NN=Cc2cn(-c3ccccc3)nc2-c2ccco2)cc1. The van der Waals surface area contributed by atoms with Crippen LogP contribution >= 0.6 is 0 Å². The number of aromatic nitrogens is 2. The third-order valence-electron chi connectivity index (χ3n) is 4.48. The van der Waals surface area contributed by atoms with E-state index < -0.39 is 0 Å². The van der Waals surface area contributed by atoms with Crippen molar-refractivity contribution in [3.8, 4) is 22.9 Å². The number of ether oxygens (including phenoxy) is 1. The first-order valence-electron chi connectivity index (χ1n) is 10.00. The molecule has 0 bridgehead atoms. The van der Waals surface area contributed by atoms with E-state index in [4.69, 9.17) is 9.15 Å². The molecular formula is C24H22N4O3. The molecule has 156 valence electrons. The number of rotatable bonds is 8. The van der Waals surface area contributed by atoms with Gasteiger partial charge in [0.2, 0.25) is 0 Å². The monoisotopic (exact) mass is 414 g/mol. The topological polar surface area (TPSA) is 81.6 Å². The van der Waals surface area contributed by atoms with Gasteiger partial charge in [0.05, 0.1) is 24.8 Å².